The highest BCUT2D eigenvalue weighted by atomic mass is 19.4. The smallest absolute Gasteiger partial charge is 0.396 e. The number of aliphatic hydroxyl groups is 1. The van der Waals surface area contributed by atoms with Crippen LogP contribution in [0, 0.1) is 13.8 Å². The van der Waals surface area contributed by atoms with Gasteiger partial charge in [0.1, 0.15) is 0 Å². The number of rotatable bonds is 6. The second kappa shape index (κ2) is 6.65. The fourth-order valence-electron chi connectivity index (χ4n) is 2.10. The minimum absolute atomic E-state index is 0.0740. The van der Waals surface area contributed by atoms with Gasteiger partial charge in [-0.25, -0.2) is 0 Å². The Hall–Kier alpha value is -1.28. The lowest BCUT2D eigenvalue weighted by atomic mass is 10.2. The monoisotopic (exact) mass is 308 g/mol. The van der Waals surface area contributed by atoms with Gasteiger partial charge in [0.25, 0.3) is 0 Å². The van der Waals surface area contributed by atoms with Crippen molar-refractivity contribution in [2.45, 2.75) is 52.6 Å². The van der Waals surface area contributed by atoms with Gasteiger partial charge in [-0.3, -0.25) is 9.58 Å². The van der Waals surface area contributed by atoms with Gasteiger partial charge in [-0.15, -0.1) is 0 Å². The van der Waals surface area contributed by atoms with E-state index in [1.807, 2.05) is 0 Å². The Morgan fingerprint density at radius 3 is 2.29 bits per heavy atom. The molecule has 0 saturated heterocycles. The van der Waals surface area contributed by atoms with E-state index in [1.54, 1.807) is 27.7 Å². The summed E-state index contributed by atoms with van der Waals surface area (Å²) < 4.78 is 39.0. The molecule has 3 N–H and O–H groups in total. The van der Waals surface area contributed by atoms with Crippen LogP contribution in [0.15, 0.2) is 0 Å². The average molecular weight is 308 g/mol. The maximum absolute atomic E-state index is 12.5. The molecule has 1 heterocycles. The lowest BCUT2D eigenvalue weighted by Gasteiger charge is -2.29. The zero-order chi connectivity index (χ0) is 16.4. The zero-order valence-electron chi connectivity index (χ0n) is 12.8. The van der Waals surface area contributed by atoms with Crippen molar-refractivity contribution in [2.75, 3.05) is 18.8 Å². The molecule has 1 rings (SSSR count). The van der Waals surface area contributed by atoms with Gasteiger partial charge in [0, 0.05) is 12.6 Å². The van der Waals surface area contributed by atoms with Crippen LogP contribution >= 0.6 is 0 Å². The lowest BCUT2D eigenvalue weighted by molar-refractivity contribution is -0.152. The van der Waals surface area contributed by atoms with E-state index in [1.165, 1.54) is 9.58 Å². The normalized spacial score (nSPS) is 14.2. The number of aliphatic hydroxyl groups excluding tert-OH is 1. The maximum atomic E-state index is 12.5. The minimum atomic E-state index is -4.29. The molecule has 0 radical (unpaired) electrons. The minimum Gasteiger partial charge on any atom is -0.396 e. The SMILES string of the molecule is Cc1nn(CC(O)CN(CC(F)(F)F)C(C)C)c(C)c1N. The Morgan fingerprint density at radius 1 is 1.33 bits per heavy atom. The molecule has 1 unspecified atom stereocenters. The summed E-state index contributed by atoms with van der Waals surface area (Å²) in [6.45, 7) is 5.84. The van der Waals surface area contributed by atoms with Crippen molar-refractivity contribution < 1.29 is 18.3 Å². The third kappa shape index (κ3) is 5.20. The molecule has 0 aromatic carbocycles. The van der Waals surface area contributed by atoms with Crippen LogP contribution in [0.5, 0.6) is 0 Å². The number of nitrogens with two attached hydrogens (primary N) is 1. The van der Waals surface area contributed by atoms with Gasteiger partial charge in [-0.05, 0) is 27.7 Å². The molecule has 1 aromatic heterocycles. The van der Waals surface area contributed by atoms with Crippen LogP contribution in [0.2, 0.25) is 0 Å². The molecular formula is C13H23F3N4O. The summed E-state index contributed by atoms with van der Waals surface area (Å²) in [5.74, 6) is 0. The number of anilines is 1. The first-order valence-corrected chi connectivity index (χ1v) is 6.79. The van der Waals surface area contributed by atoms with Gasteiger partial charge < -0.3 is 10.8 Å². The fraction of sp³-hybridized carbons (Fsp3) is 0.769. The van der Waals surface area contributed by atoms with Crippen LogP contribution in [-0.2, 0) is 6.54 Å². The molecule has 0 amide bonds. The number of hydrogen-bond acceptors (Lipinski definition) is 4. The summed E-state index contributed by atoms with van der Waals surface area (Å²) in [5, 5.41) is 14.2. The standard InChI is InChI=1S/C13H23F3N4O/c1-8(2)19(7-13(14,15)16)5-11(21)6-20-10(4)12(17)9(3)18-20/h8,11,21H,5-7,17H2,1-4H3. The lowest BCUT2D eigenvalue weighted by Crippen LogP contribution is -2.44. The molecule has 21 heavy (non-hydrogen) atoms. The van der Waals surface area contributed by atoms with Crippen LogP contribution in [0.1, 0.15) is 25.2 Å². The third-order valence-corrected chi connectivity index (χ3v) is 3.38. The van der Waals surface area contributed by atoms with Crippen molar-refractivity contribution in [1.82, 2.24) is 14.7 Å². The van der Waals surface area contributed by atoms with Crippen molar-refractivity contribution in [1.29, 1.82) is 0 Å². The molecule has 122 valence electrons. The predicted octanol–water partition coefficient (Wildman–Crippen LogP) is 1.72. The summed E-state index contributed by atoms with van der Waals surface area (Å²) in [6.07, 6.45) is -5.24. The molecule has 0 saturated carbocycles. The number of nitrogen functional groups attached to an aromatic ring is 1. The number of aryl methyl sites for hydroxylation is 1. The van der Waals surface area contributed by atoms with Crippen LogP contribution in [-0.4, -0.2) is 51.2 Å². The predicted molar refractivity (Wildman–Crippen MR) is 74.9 cm³/mol. The molecule has 1 aromatic rings. The summed E-state index contributed by atoms with van der Waals surface area (Å²) in [5.41, 5.74) is 7.68. The third-order valence-electron chi connectivity index (χ3n) is 3.38. The Kier molecular flexibility index (Phi) is 5.63. The van der Waals surface area contributed by atoms with Crippen molar-refractivity contribution in [2.24, 2.45) is 0 Å². The molecular weight excluding hydrogens is 285 g/mol. The molecule has 0 aliphatic rings. The van der Waals surface area contributed by atoms with E-state index >= 15 is 0 Å². The largest absolute Gasteiger partial charge is 0.401 e. The summed E-state index contributed by atoms with van der Waals surface area (Å²) in [6, 6.07) is -0.313. The van der Waals surface area contributed by atoms with E-state index in [-0.39, 0.29) is 19.1 Å². The molecule has 0 spiro atoms. The highest BCUT2D eigenvalue weighted by molar-refractivity contribution is 5.46. The molecule has 0 bridgehead atoms. The van der Waals surface area contributed by atoms with Gasteiger partial charge in [0.2, 0.25) is 0 Å². The van der Waals surface area contributed by atoms with E-state index in [9.17, 15) is 18.3 Å². The number of hydrogen-bond donors (Lipinski definition) is 2. The highest BCUT2D eigenvalue weighted by Crippen LogP contribution is 2.19. The van der Waals surface area contributed by atoms with E-state index in [0.717, 1.165) is 0 Å². The van der Waals surface area contributed by atoms with Gasteiger partial charge in [-0.1, -0.05) is 0 Å². The quantitative estimate of drug-likeness (QED) is 0.839. The molecule has 1 atom stereocenters. The molecule has 0 fully saturated rings. The summed E-state index contributed by atoms with van der Waals surface area (Å²) in [4.78, 5) is 1.19. The first-order chi connectivity index (χ1) is 9.51. The van der Waals surface area contributed by atoms with E-state index in [4.69, 9.17) is 5.73 Å². The maximum Gasteiger partial charge on any atom is 0.401 e. The second-order valence-corrected chi connectivity index (χ2v) is 5.56. The van der Waals surface area contributed by atoms with E-state index in [0.29, 0.717) is 17.1 Å². The molecule has 8 heteroatoms. The number of aromatic nitrogens is 2. The second-order valence-electron chi connectivity index (χ2n) is 5.56. The highest BCUT2D eigenvalue weighted by Gasteiger charge is 2.32. The summed E-state index contributed by atoms with van der Waals surface area (Å²) in [7, 11) is 0. The Morgan fingerprint density at radius 2 is 1.90 bits per heavy atom. The zero-order valence-corrected chi connectivity index (χ0v) is 12.8. The Labute approximate surface area is 122 Å². The number of alkyl halides is 3. The topological polar surface area (TPSA) is 67.3 Å². The summed E-state index contributed by atoms with van der Waals surface area (Å²) >= 11 is 0. The van der Waals surface area contributed by atoms with E-state index in [2.05, 4.69) is 5.10 Å². The Balaban J connectivity index is 2.69. The van der Waals surface area contributed by atoms with Crippen LogP contribution in [0.3, 0.4) is 0 Å². The number of halogens is 3. The number of nitrogens with zero attached hydrogens (tertiary/aromatic N) is 3. The Bertz CT molecular complexity index is 471. The van der Waals surface area contributed by atoms with Crippen molar-refractivity contribution in [3.63, 3.8) is 0 Å². The molecule has 0 aliphatic carbocycles. The van der Waals surface area contributed by atoms with Crippen molar-refractivity contribution >= 4 is 5.69 Å². The molecule has 5 nitrogen and oxygen atoms in total. The van der Waals surface area contributed by atoms with Crippen molar-refractivity contribution in [3.8, 4) is 0 Å². The molecule has 0 aliphatic heterocycles. The van der Waals surface area contributed by atoms with Gasteiger partial charge in [0.05, 0.1) is 36.3 Å². The first kappa shape index (κ1) is 17.8. The van der Waals surface area contributed by atoms with Crippen molar-refractivity contribution in [3.05, 3.63) is 11.4 Å². The van der Waals surface area contributed by atoms with Gasteiger partial charge in [-0.2, -0.15) is 18.3 Å². The van der Waals surface area contributed by atoms with Crippen LogP contribution in [0.4, 0.5) is 18.9 Å². The first-order valence-electron chi connectivity index (χ1n) is 6.79. The average Bonchev–Trinajstić information content (AvgIpc) is 2.54. The van der Waals surface area contributed by atoms with Crippen LogP contribution in [0.25, 0.3) is 0 Å². The van der Waals surface area contributed by atoms with Crippen LogP contribution < -0.4 is 5.73 Å². The van der Waals surface area contributed by atoms with Gasteiger partial charge in [0.15, 0.2) is 0 Å². The van der Waals surface area contributed by atoms with Gasteiger partial charge >= 0.3 is 6.18 Å². The fourth-order valence-corrected chi connectivity index (χ4v) is 2.10. The van der Waals surface area contributed by atoms with E-state index < -0.39 is 18.8 Å².